The minimum absolute atomic E-state index is 0.122. The fourth-order valence-electron chi connectivity index (χ4n) is 3.41. The lowest BCUT2D eigenvalue weighted by Crippen LogP contribution is -2.18. The van der Waals surface area contributed by atoms with Crippen molar-refractivity contribution in [3.63, 3.8) is 0 Å². The van der Waals surface area contributed by atoms with Gasteiger partial charge in [0.1, 0.15) is 12.4 Å². The van der Waals surface area contributed by atoms with Crippen LogP contribution in [0.3, 0.4) is 0 Å². The van der Waals surface area contributed by atoms with Crippen LogP contribution in [0.15, 0.2) is 65.8 Å². The largest absolute Gasteiger partial charge is 0.494 e. The average Bonchev–Trinajstić information content (AvgIpc) is 2.89. The van der Waals surface area contributed by atoms with Gasteiger partial charge in [-0.3, -0.25) is 4.79 Å². The molecule has 0 aliphatic carbocycles. The number of rotatable bonds is 13. The molecule has 0 aliphatic heterocycles. The van der Waals surface area contributed by atoms with Crippen LogP contribution in [0.4, 0.5) is 0 Å². The molecule has 0 saturated carbocycles. The highest BCUT2D eigenvalue weighted by Crippen LogP contribution is 2.30. The summed E-state index contributed by atoms with van der Waals surface area (Å²) in [6.07, 6.45) is 1.16. The Labute approximate surface area is 227 Å². The topological polar surface area (TPSA) is 89.4 Å². The first kappa shape index (κ1) is 28.3. The van der Waals surface area contributed by atoms with Crippen molar-refractivity contribution in [3.05, 3.63) is 87.4 Å². The lowest BCUT2D eigenvalue weighted by Gasteiger charge is -2.13. The first-order valence-corrected chi connectivity index (χ1v) is 12.7. The molecule has 0 saturated heterocycles. The zero-order valence-corrected chi connectivity index (χ0v) is 22.3. The van der Waals surface area contributed by atoms with Crippen LogP contribution in [-0.4, -0.2) is 30.4 Å². The number of ether oxygens (including phenoxy) is 3. The van der Waals surface area contributed by atoms with Crippen LogP contribution in [0.25, 0.3) is 0 Å². The molecule has 0 aromatic heterocycles. The predicted molar refractivity (Wildman–Crippen MR) is 146 cm³/mol. The van der Waals surface area contributed by atoms with E-state index >= 15 is 0 Å². The van der Waals surface area contributed by atoms with Gasteiger partial charge in [0.05, 0.1) is 35.6 Å². The van der Waals surface area contributed by atoms with E-state index in [1.54, 1.807) is 54.6 Å². The number of nitrogens with zero attached hydrogens (tertiary/aromatic N) is 1. The van der Waals surface area contributed by atoms with E-state index in [4.69, 9.17) is 37.4 Å². The number of hydrogen-bond donors (Lipinski definition) is 2. The van der Waals surface area contributed by atoms with Crippen molar-refractivity contribution in [3.8, 4) is 17.2 Å². The van der Waals surface area contributed by atoms with Gasteiger partial charge >= 0.3 is 0 Å². The highest BCUT2D eigenvalue weighted by atomic mass is 35.5. The number of hydrazone groups is 1. The van der Waals surface area contributed by atoms with Crippen molar-refractivity contribution in [1.29, 1.82) is 0 Å². The van der Waals surface area contributed by atoms with Crippen molar-refractivity contribution < 1.29 is 24.1 Å². The molecule has 3 aromatic rings. The van der Waals surface area contributed by atoms with Crippen LogP contribution < -0.4 is 19.6 Å². The molecule has 3 rings (SSSR count). The molecule has 37 heavy (non-hydrogen) atoms. The number of nitrogens with one attached hydrogen (secondary N) is 1. The van der Waals surface area contributed by atoms with Crippen LogP contribution >= 0.6 is 23.2 Å². The van der Waals surface area contributed by atoms with E-state index in [2.05, 4.69) is 10.5 Å². The lowest BCUT2D eigenvalue weighted by atomic mass is 10.0. The smallest absolute Gasteiger partial charge is 0.240 e. The van der Waals surface area contributed by atoms with Crippen LogP contribution in [-0.2, 0) is 11.4 Å². The number of hydrogen-bond acceptors (Lipinski definition) is 6. The summed E-state index contributed by atoms with van der Waals surface area (Å²) in [5, 5.41) is 15.3. The molecule has 0 radical (unpaired) electrons. The first-order valence-electron chi connectivity index (χ1n) is 12.0. The summed E-state index contributed by atoms with van der Waals surface area (Å²) < 4.78 is 17.0. The Morgan fingerprint density at radius 3 is 2.41 bits per heavy atom. The normalized spacial score (nSPS) is 11.8. The SMILES string of the molecule is CCOc1ccc([C@H](O)CCC(=O)N/N=C\c2ccc(OCc3ccc(Cl)c(Cl)c3)c(OCC)c2)cc1. The second-order valence-corrected chi connectivity index (χ2v) is 8.84. The van der Waals surface area contributed by atoms with Crippen LogP contribution in [0.1, 0.15) is 49.5 Å². The van der Waals surface area contributed by atoms with Gasteiger partial charge in [0.25, 0.3) is 0 Å². The molecule has 0 fully saturated rings. The monoisotopic (exact) mass is 544 g/mol. The number of carbonyl (C=O) groups is 1. The van der Waals surface area contributed by atoms with Gasteiger partial charge in [0.2, 0.25) is 5.91 Å². The third-order valence-corrected chi connectivity index (χ3v) is 6.01. The number of carbonyl (C=O) groups excluding carboxylic acids is 1. The van der Waals surface area contributed by atoms with Crippen LogP contribution in [0.2, 0.25) is 10.0 Å². The Bertz CT molecular complexity index is 1200. The molecule has 0 bridgehead atoms. The molecule has 0 spiro atoms. The maximum absolute atomic E-state index is 12.2. The number of benzene rings is 3. The highest BCUT2D eigenvalue weighted by molar-refractivity contribution is 6.42. The Hall–Kier alpha value is -3.26. The molecule has 9 heteroatoms. The van der Waals surface area contributed by atoms with Gasteiger partial charge in [-0.15, -0.1) is 0 Å². The summed E-state index contributed by atoms with van der Waals surface area (Å²) in [4.78, 5) is 12.2. The van der Waals surface area contributed by atoms with E-state index in [0.29, 0.717) is 41.4 Å². The zero-order chi connectivity index (χ0) is 26.6. The van der Waals surface area contributed by atoms with Gasteiger partial charge in [0.15, 0.2) is 11.5 Å². The van der Waals surface area contributed by atoms with E-state index in [9.17, 15) is 9.90 Å². The molecular formula is C28H30Cl2N2O5. The van der Waals surface area contributed by atoms with Crippen LogP contribution in [0.5, 0.6) is 17.2 Å². The zero-order valence-electron chi connectivity index (χ0n) is 20.7. The molecule has 0 heterocycles. The van der Waals surface area contributed by atoms with Crippen molar-refractivity contribution in [2.24, 2.45) is 5.10 Å². The highest BCUT2D eigenvalue weighted by Gasteiger charge is 2.11. The van der Waals surface area contributed by atoms with Gasteiger partial charge in [-0.2, -0.15) is 5.10 Å². The van der Waals surface area contributed by atoms with E-state index < -0.39 is 6.10 Å². The van der Waals surface area contributed by atoms with Gasteiger partial charge in [-0.05, 0) is 79.4 Å². The number of aliphatic hydroxyl groups is 1. The Morgan fingerprint density at radius 2 is 1.70 bits per heavy atom. The van der Waals surface area contributed by atoms with Crippen molar-refractivity contribution in [1.82, 2.24) is 5.43 Å². The predicted octanol–water partition coefficient (Wildman–Crippen LogP) is 6.33. The summed E-state index contributed by atoms with van der Waals surface area (Å²) in [7, 11) is 0. The van der Waals surface area contributed by atoms with Gasteiger partial charge < -0.3 is 19.3 Å². The average molecular weight is 545 g/mol. The van der Waals surface area contributed by atoms with E-state index in [1.807, 2.05) is 19.9 Å². The number of halogens is 2. The molecule has 0 aliphatic rings. The second kappa shape index (κ2) is 14.5. The fourth-order valence-corrected chi connectivity index (χ4v) is 3.73. The Kier molecular flexibility index (Phi) is 11.1. The van der Waals surface area contributed by atoms with Crippen molar-refractivity contribution in [2.75, 3.05) is 13.2 Å². The summed E-state index contributed by atoms with van der Waals surface area (Å²) >= 11 is 12.0. The standard InChI is InChI=1S/C28H30Cl2N2O5/c1-3-35-22-9-7-21(8-10-22)25(33)12-14-28(34)32-31-17-19-6-13-26(27(16-19)36-4-2)37-18-20-5-11-23(29)24(30)15-20/h5-11,13,15-17,25,33H,3-4,12,14,18H2,1-2H3,(H,32,34)/b31-17-/t25-/m1/s1. The van der Waals surface area contributed by atoms with Gasteiger partial charge in [0, 0.05) is 6.42 Å². The third kappa shape index (κ3) is 8.97. The van der Waals surface area contributed by atoms with Crippen molar-refractivity contribution in [2.45, 2.75) is 39.4 Å². The molecular weight excluding hydrogens is 515 g/mol. The minimum atomic E-state index is -0.754. The minimum Gasteiger partial charge on any atom is -0.494 e. The van der Waals surface area contributed by atoms with E-state index in [-0.39, 0.29) is 18.7 Å². The summed E-state index contributed by atoms with van der Waals surface area (Å²) in [6, 6.07) is 17.9. The summed E-state index contributed by atoms with van der Waals surface area (Å²) in [5.41, 5.74) is 4.81. The summed E-state index contributed by atoms with van der Waals surface area (Å²) in [6.45, 7) is 5.12. The van der Waals surface area contributed by atoms with Gasteiger partial charge in [-0.1, -0.05) is 41.4 Å². The lowest BCUT2D eigenvalue weighted by molar-refractivity contribution is -0.121. The second-order valence-electron chi connectivity index (χ2n) is 8.03. The molecule has 3 aromatic carbocycles. The Morgan fingerprint density at radius 1 is 0.946 bits per heavy atom. The van der Waals surface area contributed by atoms with E-state index in [0.717, 1.165) is 22.4 Å². The molecule has 196 valence electrons. The van der Waals surface area contributed by atoms with Crippen molar-refractivity contribution >= 4 is 35.3 Å². The molecule has 1 atom stereocenters. The maximum atomic E-state index is 12.2. The molecule has 1 amide bonds. The maximum Gasteiger partial charge on any atom is 0.240 e. The van der Waals surface area contributed by atoms with Crippen LogP contribution in [0, 0.1) is 0 Å². The first-order chi connectivity index (χ1) is 17.9. The molecule has 7 nitrogen and oxygen atoms in total. The third-order valence-electron chi connectivity index (χ3n) is 5.27. The molecule has 0 unspecified atom stereocenters. The number of aliphatic hydroxyl groups excluding tert-OH is 1. The number of amides is 1. The Balaban J connectivity index is 1.51. The quantitative estimate of drug-likeness (QED) is 0.194. The molecule has 2 N–H and O–H groups in total. The van der Waals surface area contributed by atoms with Gasteiger partial charge in [-0.25, -0.2) is 5.43 Å². The summed E-state index contributed by atoms with van der Waals surface area (Å²) in [5.74, 6) is 1.56. The van der Waals surface area contributed by atoms with E-state index in [1.165, 1.54) is 6.21 Å². The fraction of sp³-hybridized carbons (Fsp3) is 0.286.